The van der Waals surface area contributed by atoms with Crippen LogP contribution < -0.4 is 0 Å². The van der Waals surface area contributed by atoms with Crippen molar-refractivity contribution in [1.29, 1.82) is 0 Å². The summed E-state index contributed by atoms with van der Waals surface area (Å²) >= 11 is 0. The van der Waals surface area contributed by atoms with Crippen molar-refractivity contribution in [1.82, 2.24) is 4.31 Å². The quantitative estimate of drug-likeness (QED) is 0.583. The molecule has 18 heavy (non-hydrogen) atoms. The highest BCUT2D eigenvalue weighted by Gasteiger charge is 2.25. The lowest BCUT2D eigenvalue weighted by atomic mass is 10.1. The number of hydrogen-bond acceptors (Lipinski definition) is 3. The summed E-state index contributed by atoms with van der Waals surface area (Å²) in [7, 11) is -3.05. The Morgan fingerprint density at radius 3 is 2.22 bits per heavy atom. The van der Waals surface area contributed by atoms with E-state index in [4.69, 9.17) is 4.74 Å². The number of piperidine rings is 1. The van der Waals surface area contributed by atoms with Gasteiger partial charge in [-0.1, -0.05) is 5.57 Å². The van der Waals surface area contributed by atoms with Crippen molar-refractivity contribution in [3.63, 3.8) is 0 Å². The largest absolute Gasteiger partial charge is 0.491 e. The first-order valence-corrected chi connectivity index (χ1v) is 8.10. The number of sulfonamides is 1. The van der Waals surface area contributed by atoms with Gasteiger partial charge < -0.3 is 4.74 Å². The van der Waals surface area contributed by atoms with Crippen LogP contribution in [-0.2, 0) is 14.8 Å². The average Bonchev–Trinajstić information content (AvgIpc) is 2.27. The second kappa shape index (κ2) is 6.38. The maximum atomic E-state index is 11.4. The molecule has 0 amide bonds. The highest BCUT2D eigenvalue weighted by molar-refractivity contribution is 7.88. The minimum atomic E-state index is -3.05. The summed E-state index contributed by atoms with van der Waals surface area (Å²) in [5.41, 5.74) is 1.19. The summed E-state index contributed by atoms with van der Waals surface area (Å²) in [6.07, 6.45) is 6.82. The Labute approximate surface area is 110 Å². The van der Waals surface area contributed by atoms with Gasteiger partial charge in [-0.15, -0.1) is 0 Å². The van der Waals surface area contributed by atoms with E-state index in [9.17, 15) is 8.42 Å². The molecule has 0 spiro atoms. The lowest BCUT2D eigenvalue weighted by Gasteiger charge is -2.30. The lowest BCUT2D eigenvalue weighted by molar-refractivity contribution is 0.0776. The molecule has 4 nitrogen and oxygen atoms in total. The van der Waals surface area contributed by atoms with E-state index in [2.05, 4.69) is 0 Å². The molecular weight excluding hydrogens is 250 g/mol. The zero-order valence-electron chi connectivity index (χ0n) is 11.6. The Hall–Kier alpha value is -0.810. The van der Waals surface area contributed by atoms with Crippen molar-refractivity contribution in [3.05, 3.63) is 23.5 Å². The van der Waals surface area contributed by atoms with Crippen molar-refractivity contribution in [2.45, 2.75) is 39.7 Å². The molecule has 1 saturated heterocycles. The standard InChI is InChI=1S/C13H23NO3S/c1-5-12(10-11(2)3)17-13-6-8-14(9-7-13)18(4,15)16/h5,10,13H,6-9H2,1-4H3/b12-5+. The fraction of sp³-hybridized carbons (Fsp3) is 0.692. The van der Waals surface area contributed by atoms with Gasteiger partial charge >= 0.3 is 0 Å². The van der Waals surface area contributed by atoms with Gasteiger partial charge in [0.25, 0.3) is 0 Å². The highest BCUT2D eigenvalue weighted by atomic mass is 32.2. The van der Waals surface area contributed by atoms with Gasteiger partial charge in [0, 0.05) is 13.1 Å². The third-order valence-corrected chi connectivity index (χ3v) is 4.19. The summed E-state index contributed by atoms with van der Waals surface area (Å²) in [5, 5.41) is 0. The third-order valence-electron chi connectivity index (χ3n) is 2.89. The van der Waals surface area contributed by atoms with Crippen molar-refractivity contribution >= 4 is 10.0 Å². The molecule has 0 aromatic heterocycles. The zero-order chi connectivity index (χ0) is 13.8. The molecule has 1 aliphatic rings. The first-order chi connectivity index (χ1) is 8.32. The van der Waals surface area contributed by atoms with E-state index < -0.39 is 10.0 Å². The number of hydrogen-bond donors (Lipinski definition) is 0. The van der Waals surface area contributed by atoms with E-state index in [0.29, 0.717) is 13.1 Å². The molecule has 0 aromatic rings. The monoisotopic (exact) mass is 273 g/mol. The first-order valence-electron chi connectivity index (χ1n) is 6.26. The van der Waals surface area contributed by atoms with Gasteiger partial charge in [-0.2, -0.15) is 0 Å². The maximum Gasteiger partial charge on any atom is 0.211 e. The molecule has 0 atom stereocenters. The minimum absolute atomic E-state index is 0.116. The van der Waals surface area contributed by atoms with E-state index in [1.54, 1.807) is 0 Å². The summed E-state index contributed by atoms with van der Waals surface area (Å²) in [6.45, 7) is 7.10. The summed E-state index contributed by atoms with van der Waals surface area (Å²) in [4.78, 5) is 0. The predicted octanol–water partition coefficient (Wildman–Crippen LogP) is 2.30. The minimum Gasteiger partial charge on any atom is -0.491 e. The number of allylic oxidation sites excluding steroid dienone is 3. The Morgan fingerprint density at radius 2 is 1.83 bits per heavy atom. The number of ether oxygens (including phenoxy) is 1. The topological polar surface area (TPSA) is 46.6 Å². The van der Waals surface area contributed by atoms with E-state index in [1.807, 2.05) is 32.9 Å². The fourth-order valence-corrected chi connectivity index (χ4v) is 2.82. The van der Waals surface area contributed by atoms with Gasteiger partial charge in [-0.25, -0.2) is 12.7 Å². The van der Waals surface area contributed by atoms with E-state index in [0.717, 1.165) is 18.6 Å². The van der Waals surface area contributed by atoms with Crippen LogP contribution in [0.4, 0.5) is 0 Å². The zero-order valence-corrected chi connectivity index (χ0v) is 12.5. The molecule has 104 valence electrons. The van der Waals surface area contributed by atoms with Gasteiger partial charge in [0.15, 0.2) is 0 Å². The third kappa shape index (κ3) is 4.82. The van der Waals surface area contributed by atoms with E-state index in [1.165, 1.54) is 16.1 Å². The van der Waals surface area contributed by atoms with Crippen LogP contribution in [-0.4, -0.2) is 38.2 Å². The Bertz CT molecular complexity index is 425. The molecule has 0 saturated carbocycles. The Balaban J connectivity index is 2.52. The molecule has 0 aliphatic carbocycles. The molecule has 1 heterocycles. The highest BCUT2D eigenvalue weighted by Crippen LogP contribution is 2.19. The van der Waals surface area contributed by atoms with Crippen LogP contribution >= 0.6 is 0 Å². The van der Waals surface area contributed by atoms with Crippen molar-refractivity contribution in [3.8, 4) is 0 Å². The number of rotatable bonds is 4. The molecule has 1 aliphatic heterocycles. The van der Waals surface area contributed by atoms with Gasteiger partial charge in [-0.05, 0) is 45.8 Å². The normalized spacial score (nSPS) is 19.7. The molecular formula is C13H23NO3S. The molecule has 0 radical (unpaired) electrons. The van der Waals surface area contributed by atoms with Gasteiger partial charge in [0.2, 0.25) is 10.0 Å². The SMILES string of the molecule is C/C=C(\C=C(C)C)OC1CCN(S(C)(=O)=O)CC1. The average molecular weight is 273 g/mol. The fourth-order valence-electron chi connectivity index (χ4n) is 1.94. The van der Waals surface area contributed by atoms with Gasteiger partial charge in [0.05, 0.1) is 6.26 Å². The summed E-state index contributed by atoms with van der Waals surface area (Å²) in [6, 6.07) is 0. The molecule has 0 unspecified atom stereocenters. The van der Waals surface area contributed by atoms with Crippen LogP contribution in [0.15, 0.2) is 23.5 Å². The van der Waals surface area contributed by atoms with Crippen molar-refractivity contribution in [2.75, 3.05) is 19.3 Å². The molecule has 0 N–H and O–H groups in total. The van der Waals surface area contributed by atoms with E-state index >= 15 is 0 Å². The van der Waals surface area contributed by atoms with Crippen LogP contribution in [0.2, 0.25) is 0 Å². The first kappa shape index (κ1) is 15.2. The summed E-state index contributed by atoms with van der Waals surface area (Å²) < 4.78 is 30.2. The van der Waals surface area contributed by atoms with Crippen LogP contribution in [0.25, 0.3) is 0 Å². The van der Waals surface area contributed by atoms with Crippen molar-refractivity contribution in [2.24, 2.45) is 0 Å². The second-order valence-corrected chi connectivity index (χ2v) is 6.87. The Kier molecular flexibility index (Phi) is 5.41. The van der Waals surface area contributed by atoms with Gasteiger partial charge in [-0.3, -0.25) is 0 Å². The van der Waals surface area contributed by atoms with Crippen LogP contribution in [0.5, 0.6) is 0 Å². The molecule has 1 fully saturated rings. The second-order valence-electron chi connectivity index (χ2n) is 4.89. The molecule has 0 aromatic carbocycles. The molecule has 5 heteroatoms. The van der Waals surface area contributed by atoms with E-state index in [-0.39, 0.29) is 6.10 Å². The Morgan fingerprint density at radius 1 is 1.28 bits per heavy atom. The molecule has 1 rings (SSSR count). The maximum absolute atomic E-state index is 11.4. The lowest BCUT2D eigenvalue weighted by Crippen LogP contribution is -2.40. The van der Waals surface area contributed by atoms with Crippen LogP contribution in [0, 0.1) is 0 Å². The molecule has 0 bridgehead atoms. The van der Waals surface area contributed by atoms with Crippen LogP contribution in [0.3, 0.4) is 0 Å². The summed E-state index contributed by atoms with van der Waals surface area (Å²) in [5.74, 6) is 0.868. The predicted molar refractivity (Wildman–Crippen MR) is 73.7 cm³/mol. The van der Waals surface area contributed by atoms with Crippen LogP contribution in [0.1, 0.15) is 33.6 Å². The van der Waals surface area contributed by atoms with Gasteiger partial charge in [0.1, 0.15) is 11.9 Å². The van der Waals surface area contributed by atoms with Crippen molar-refractivity contribution < 1.29 is 13.2 Å². The number of nitrogens with zero attached hydrogens (tertiary/aromatic N) is 1. The smallest absolute Gasteiger partial charge is 0.211 e.